The van der Waals surface area contributed by atoms with E-state index in [-0.39, 0.29) is 11.6 Å². The number of aromatic nitrogens is 1. The van der Waals surface area contributed by atoms with E-state index < -0.39 is 29.6 Å². The van der Waals surface area contributed by atoms with E-state index in [1.54, 1.807) is 0 Å². The van der Waals surface area contributed by atoms with Crippen LogP contribution in [0.2, 0.25) is 0 Å². The summed E-state index contributed by atoms with van der Waals surface area (Å²) in [5, 5.41) is 3.34. The van der Waals surface area contributed by atoms with Crippen molar-refractivity contribution in [1.29, 1.82) is 0 Å². The van der Waals surface area contributed by atoms with Gasteiger partial charge < -0.3 is 10.1 Å². The van der Waals surface area contributed by atoms with Crippen molar-refractivity contribution in [3.63, 3.8) is 0 Å². The average Bonchev–Trinajstić information content (AvgIpc) is 3.05. The number of esters is 1. The summed E-state index contributed by atoms with van der Waals surface area (Å²) in [7, 11) is 0. The Labute approximate surface area is 144 Å². The quantitative estimate of drug-likeness (QED) is 0.655. The van der Waals surface area contributed by atoms with E-state index in [2.05, 4.69) is 17.2 Å². The van der Waals surface area contributed by atoms with Crippen molar-refractivity contribution in [2.24, 2.45) is 0 Å². The van der Waals surface area contributed by atoms with Gasteiger partial charge in [0.1, 0.15) is 5.82 Å². The van der Waals surface area contributed by atoms with Crippen molar-refractivity contribution >= 4 is 11.9 Å². The van der Waals surface area contributed by atoms with Gasteiger partial charge >= 0.3 is 11.9 Å². The summed E-state index contributed by atoms with van der Waals surface area (Å²) in [6, 6.07) is 0.831. The summed E-state index contributed by atoms with van der Waals surface area (Å²) in [4.78, 5) is 37.5. The van der Waals surface area contributed by atoms with Gasteiger partial charge in [0, 0.05) is 30.0 Å². The third kappa shape index (κ3) is 3.69. The highest BCUT2D eigenvalue weighted by molar-refractivity contribution is 5.92. The van der Waals surface area contributed by atoms with Crippen LogP contribution in [0.3, 0.4) is 0 Å². The smallest absolute Gasteiger partial charge is 0.366 e. The summed E-state index contributed by atoms with van der Waals surface area (Å²) in [6.07, 6.45) is 7.53. The Morgan fingerprint density at radius 3 is 2.84 bits per heavy atom. The highest BCUT2D eigenvalue weighted by atomic mass is 19.1. The molecule has 0 unspecified atom stereocenters. The molecular weight excluding hydrogens is 331 g/mol. The Bertz CT molecular complexity index is 695. The lowest BCUT2D eigenvalue weighted by Gasteiger charge is -2.36. The first kappa shape index (κ1) is 17.5. The van der Waals surface area contributed by atoms with Crippen LogP contribution >= 0.6 is 0 Å². The second-order valence-electron chi connectivity index (χ2n) is 6.08. The fourth-order valence-electron chi connectivity index (χ4n) is 3.20. The molecule has 3 atom stereocenters. The minimum Gasteiger partial charge on any atom is -0.420 e. The molecule has 0 saturated carbocycles. The minimum absolute atomic E-state index is 0.151. The van der Waals surface area contributed by atoms with Gasteiger partial charge in [-0.15, -0.1) is 4.89 Å². The van der Waals surface area contributed by atoms with Gasteiger partial charge in [-0.3, -0.25) is 9.87 Å². The molecule has 3 heterocycles. The van der Waals surface area contributed by atoms with E-state index in [0.29, 0.717) is 6.42 Å². The molecule has 0 spiro atoms. The molecule has 134 valence electrons. The zero-order chi connectivity index (χ0) is 17.9. The van der Waals surface area contributed by atoms with Crippen LogP contribution in [-0.2, 0) is 29.9 Å². The maximum Gasteiger partial charge on any atom is 0.366 e. The van der Waals surface area contributed by atoms with Crippen molar-refractivity contribution in [1.82, 2.24) is 10.3 Å². The number of halogens is 1. The second kappa shape index (κ2) is 7.28. The van der Waals surface area contributed by atoms with Gasteiger partial charge in [-0.05, 0) is 25.3 Å². The van der Waals surface area contributed by atoms with Gasteiger partial charge in [0.25, 0.3) is 5.79 Å². The van der Waals surface area contributed by atoms with E-state index in [1.807, 2.05) is 0 Å². The number of rotatable bonds is 4. The number of ether oxygens (including phenoxy) is 1. The Hall–Kier alpha value is -2.32. The summed E-state index contributed by atoms with van der Waals surface area (Å²) in [5.41, 5.74) is 0.151. The van der Waals surface area contributed by atoms with E-state index >= 15 is 0 Å². The van der Waals surface area contributed by atoms with Gasteiger partial charge in [0.2, 0.25) is 0 Å². The molecule has 8 heteroatoms. The number of pyridine rings is 1. The fraction of sp³-hybridized carbons (Fsp3) is 0.471. The van der Waals surface area contributed by atoms with Crippen LogP contribution in [-0.4, -0.2) is 29.0 Å². The molecule has 0 bridgehead atoms. The highest BCUT2D eigenvalue weighted by Gasteiger charge is 2.51. The Balaban J connectivity index is 2.00. The van der Waals surface area contributed by atoms with Crippen LogP contribution in [0, 0.1) is 5.82 Å². The highest BCUT2D eigenvalue weighted by Crippen LogP contribution is 2.38. The standard InChI is InChI=1S/C17H19FN2O5/c1-2-3-13-4-5-14(20-13)17(11-8-12(18)10-19-9-11)23-15(21)6-7-16(22)24-25-17/h6-10,13-14,20H,2-5H2,1H3/b7-6-/t13-,14-,17-/m1/s1. The molecule has 7 nitrogen and oxygen atoms in total. The normalized spacial score (nSPS) is 31.0. The van der Waals surface area contributed by atoms with Crippen molar-refractivity contribution in [2.45, 2.75) is 50.5 Å². The zero-order valence-electron chi connectivity index (χ0n) is 13.7. The number of nitrogens with one attached hydrogen (secondary N) is 1. The van der Waals surface area contributed by atoms with Crippen LogP contribution in [0.25, 0.3) is 0 Å². The Morgan fingerprint density at radius 1 is 1.28 bits per heavy atom. The molecule has 1 N–H and O–H groups in total. The SMILES string of the molecule is CCC[C@@H]1CC[C@H]([C@@]2(c3cncc(F)c3)OOC(=O)/C=C\C(=O)O2)N1. The number of carbonyl (C=O) groups excluding carboxylic acids is 2. The first-order valence-corrected chi connectivity index (χ1v) is 8.21. The van der Waals surface area contributed by atoms with Crippen LogP contribution in [0.4, 0.5) is 4.39 Å². The predicted molar refractivity (Wildman–Crippen MR) is 83.1 cm³/mol. The molecule has 1 aromatic heterocycles. The molecule has 25 heavy (non-hydrogen) atoms. The van der Waals surface area contributed by atoms with E-state index in [9.17, 15) is 14.0 Å². The van der Waals surface area contributed by atoms with E-state index in [4.69, 9.17) is 14.5 Å². The van der Waals surface area contributed by atoms with Crippen molar-refractivity contribution < 1.29 is 28.5 Å². The average molecular weight is 350 g/mol. The van der Waals surface area contributed by atoms with Crippen molar-refractivity contribution in [3.05, 3.63) is 42.0 Å². The molecule has 0 aromatic carbocycles. The molecule has 2 aliphatic heterocycles. The molecule has 0 amide bonds. The van der Waals surface area contributed by atoms with Crippen LogP contribution in [0.15, 0.2) is 30.6 Å². The molecule has 0 radical (unpaired) electrons. The van der Waals surface area contributed by atoms with Crippen LogP contribution < -0.4 is 5.32 Å². The Kier molecular flexibility index (Phi) is 5.10. The maximum atomic E-state index is 13.7. The molecule has 1 fully saturated rings. The molecule has 3 rings (SSSR count). The van der Waals surface area contributed by atoms with E-state index in [0.717, 1.165) is 43.7 Å². The van der Waals surface area contributed by atoms with Crippen molar-refractivity contribution in [2.75, 3.05) is 0 Å². The van der Waals surface area contributed by atoms with Gasteiger partial charge in [-0.1, -0.05) is 13.3 Å². The first-order valence-electron chi connectivity index (χ1n) is 8.21. The lowest BCUT2D eigenvalue weighted by molar-refractivity contribution is -0.407. The fourth-order valence-corrected chi connectivity index (χ4v) is 3.20. The van der Waals surface area contributed by atoms with Gasteiger partial charge in [0.15, 0.2) is 0 Å². The topological polar surface area (TPSA) is 86.8 Å². The zero-order valence-corrected chi connectivity index (χ0v) is 13.7. The largest absolute Gasteiger partial charge is 0.420 e. The summed E-state index contributed by atoms with van der Waals surface area (Å²) >= 11 is 0. The van der Waals surface area contributed by atoms with Crippen molar-refractivity contribution in [3.8, 4) is 0 Å². The number of nitrogens with zero attached hydrogens (tertiary/aromatic N) is 1. The number of hydrogen-bond donors (Lipinski definition) is 1. The lowest BCUT2D eigenvalue weighted by Crippen LogP contribution is -2.52. The molecular formula is C17H19FN2O5. The maximum absolute atomic E-state index is 13.7. The summed E-state index contributed by atoms with van der Waals surface area (Å²) in [6.45, 7) is 2.07. The lowest BCUT2D eigenvalue weighted by atomic mass is 9.97. The summed E-state index contributed by atoms with van der Waals surface area (Å²) < 4.78 is 19.2. The minimum atomic E-state index is -1.81. The third-order valence-corrected chi connectivity index (χ3v) is 4.30. The summed E-state index contributed by atoms with van der Waals surface area (Å²) in [5.74, 6) is -4.08. The third-order valence-electron chi connectivity index (χ3n) is 4.30. The van der Waals surface area contributed by atoms with Gasteiger partial charge in [-0.25, -0.2) is 14.0 Å². The number of cyclic esters (lactones) is 1. The predicted octanol–water partition coefficient (Wildman–Crippen LogP) is 1.88. The number of carbonyl (C=O) groups is 2. The monoisotopic (exact) mass is 350 g/mol. The molecule has 2 aliphatic rings. The van der Waals surface area contributed by atoms with Gasteiger partial charge in [0.05, 0.1) is 12.2 Å². The molecule has 0 aliphatic carbocycles. The second-order valence-corrected chi connectivity index (χ2v) is 6.08. The molecule has 1 aromatic rings. The first-order chi connectivity index (χ1) is 12.0. The Morgan fingerprint density at radius 2 is 2.08 bits per heavy atom. The van der Waals surface area contributed by atoms with Crippen LogP contribution in [0.1, 0.15) is 38.2 Å². The van der Waals surface area contributed by atoms with Crippen LogP contribution in [0.5, 0.6) is 0 Å². The van der Waals surface area contributed by atoms with Gasteiger partial charge in [-0.2, -0.15) is 0 Å². The number of hydrogen-bond acceptors (Lipinski definition) is 7. The van der Waals surface area contributed by atoms with E-state index in [1.165, 1.54) is 6.20 Å². The molecule has 1 saturated heterocycles.